The summed E-state index contributed by atoms with van der Waals surface area (Å²) < 4.78 is 13.2. The number of nitrogens with one attached hydrogen (secondary N) is 2. The van der Waals surface area contributed by atoms with Crippen molar-refractivity contribution in [3.8, 4) is 0 Å². The second-order valence-corrected chi connectivity index (χ2v) is 6.70. The fourth-order valence-electron chi connectivity index (χ4n) is 3.16. The van der Waals surface area contributed by atoms with Crippen molar-refractivity contribution in [1.82, 2.24) is 5.32 Å². The van der Waals surface area contributed by atoms with Crippen molar-refractivity contribution in [3.63, 3.8) is 0 Å². The van der Waals surface area contributed by atoms with Gasteiger partial charge in [-0.05, 0) is 35.7 Å². The summed E-state index contributed by atoms with van der Waals surface area (Å²) in [6.45, 7) is 4.16. The Hall–Kier alpha value is -2.73. The number of hydrogen-bond acceptors (Lipinski definition) is 3. The third-order valence-electron chi connectivity index (χ3n) is 4.44. The van der Waals surface area contributed by atoms with Crippen molar-refractivity contribution in [1.29, 1.82) is 0 Å². The number of anilines is 2. The molecule has 6 heteroatoms. The first-order chi connectivity index (χ1) is 12.5. The predicted molar refractivity (Wildman–Crippen MR) is 99.4 cm³/mol. The molecule has 0 unspecified atom stereocenters. The Balaban J connectivity index is 1.73. The van der Waals surface area contributed by atoms with Crippen LogP contribution in [-0.4, -0.2) is 24.9 Å². The van der Waals surface area contributed by atoms with E-state index in [4.69, 9.17) is 0 Å². The summed E-state index contributed by atoms with van der Waals surface area (Å²) in [5.74, 6) is -0.468. The van der Waals surface area contributed by atoms with E-state index in [-0.39, 0.29) is 42.7 Å². The van der Waals surface area contributed by atoms with Gasteiger partial charge in [0, 0.05) is 6.04 Å². The van der Waals surface area contributed by atoms with Gasteiger partial charge in [0.05, 0.1) is 17.9 Å². The molecule has 2 amide bonds. The Morgan fingerprint density at radius 2 is 1.88 bits per heavy atom. The number of halogens is 1. The number of hydrogen-bond donors (Lipinski definition) is 2. The van der Waals surface area contributed by atoms with E-state index in [1.807, 2.05) is 32.0 Å². The van der Waals surface area contributed by atoms with E-state index in [1.165, 1.54) is 17.0 Å². The SMILES string of the molecule is CC(C)[C@@H](NCC(=O)N1CC(=O)Nc2ccccc21)c1ccc(F)cc1. The average Bonchev–Trinajstić information content (AvgIpc) is 2.62. The lowest BCUT2D eigenvalue weighted by molar-refractivity contribution is -0.121. The van der Waals surface area contributed by atoms with Gasteiger partial charge in [-0.15, -0.1) is 0 Å². The molecule has 2 aromatic rings. The van der Waals surface area contributed by atoms with Gasteiger partial charge in [-0.3, -0.25) is 14.5 Å². The van der Waals surface area contributed by atoms with Gasteiger partial charge in [-0.25, -0.2) is 4.39 Å². The fourth-order valence-corrected chi connectivity index (χ4v) is 3.16. The topological polar surface area (TPSA) is 61.4 Å². The Morgan fingerprint density at radius 1 is 1.19 bits per heavy atom. The summed E-state index contributed by atoms with van der Waals surface area (Å²) in [6.07, 6.45) is 0. The summed E-state index contributed by atoms with van der Waals surface area (Å²) in [6, 6.07) is 13.4. The molecule has 1 aliphatic rings. The Bertz CT molecular complexity index is 805. The lowest BCUT2D eigenvalue weighted by atomic mass is 9.96. The molecule has 1 heterocycles. The van der Waals surface area contributed by atoms with Gasteiger partial charge in [0.25, 0.3) is 0 Å². The van der Waals surface area contributed by atoms with Crippen LogP contribution in [0, 0.1) is 11.7 Å². The van der Waals surface area contributed by atoms with Crippen LogP contribution in [0.15, 0.2) is 48.5 Å². The summed E-state index contributed by atoms with van der Waals surface area (Å²) in [5.41, 5.74) is 2.25. The molecule has 0 saturated heterocycles. The quantitative estimate of drug-likeness (QED) is 0.866. The van der Waals surface area contributed by atoms with Crippen LogP contribution in [0.25, 0.3) is 0 Å². The highest BCUT2D eigenvalue weighted by atomic mass is 19.1. The van der Waals surface area contributed by atoms with Crippen LogP contribution in [0.5, 0.6) is 0 Å². The second-order valence-electron chi connectivity index (χ2n) is 6.70. The van der Waals surface area contributed by atoms with Crippen LogP contribution in [0.1, 0.15) is 25.5 Å². The van der Waals surface area contributed by atoms with Crippen LogP contribution < -0.4 is 15.5 Å². The highest BCUT2D eigenvalue weighted by Crippen LogP contribution is 2.29. The molecule has 0 radical (unpaired) electrons. The van der Waals surface area contributed by atoms with Crippen LogP contribution in [-0.2, 0) is 9.59 Å². The molecule has 0 aromatic heterocycles. The van der Waals surface area contributed by atoms with Gasteiger partial charge < -0.3 is 10.6 Å². The smallest absolute Gasteiger partial charge is 0.244 e. The van der Waals surface area contributed by atoms with Gasteiger partial charge >= 0.3 is 0 Å². The molecule has 0 spiro atoms. The zero-order valence-corrected chi connectivity index (χ0v) is 14.8. The number of para-hydroxylation sites is 2. The third kappa shape index (κ3) is 3.91. The number of benzene rings is 2. The molecule has 1 aliphatic heterocycles. The number of carbonyl (C=O) groups excluding carboxylic acids is 2. The van der Waals surface area contributed by atoms with Crippen molar-refractivity contribution < 1.29 is 14.0 Å². The summed E-state index contributed by atoms with van der Waals surface area (Å²) in [4.78, 5) is 26.1. The van der Waals surface area contributed by atoms with E-state index < -0.39 is 0 Å². The monoisotopic (exact) mass is 355 g/mol. The zero-order valence-electron chi connectivity index (χ0n) is 14.8. The maximum Gasteiger partial charge on any atom is 0.244 e. The number of rotatable bonds is 5. The normalized spacial score (nSPS) is 14.8. The van der Waals surface area contributed by atoms with Crippen LogP contribution >= 0.6 is 0 Å². The lowest BCUT2D eigenvalue weighted by Gasteiger charge is -2.30. The third-order valence-corrected chi connectivity index (χ3v) is 4.44. The minimum Gasteiger partial charge on any atom is -0.323 e. The molecule has 2 N–H and O–H groups in total. The molecular weight excluding hydrogens is 333 g/mol. The van der Waals surface area contributed by atoms with Gasteiger partial charge in [0.1, 0.15) is 12.4 Å². The molecule has 0 aliphatic carbocycles. The first-order valence-electron chi connectivity index (χ1n) is 8.64. The molecule has 26 heavy (non-hydrogen) atoms. The molecule has 1 atom stereocenters. The number of nitrogens with zero attached hydrogens (tertiary/aromatic N) is 1. The average molecular weight is 355 g/mol. The Kier molecular flexibility index (Phi) is 5.32. The van der Waals surface area contributed by atoms with Crippen LogP contribution in [0.2, 0.25) is 0 Å². The van der Waals surface area contributed by atoms with Crippen molar-refractivity contribution >= 4 is 23.2 Å². The summed E-state index contributed by atoms with van der Waals surface area (Å²) >= 11 is 0. The zero-order chi connectivity index (χ0) is 18.7. The molecule has 3 rings (SSSR count). The fraction of sp³-hybridized carbons (Fsp3) is 0.300. The Labute approximate surface area is 152 Å². The van der Waals surface area contributed by atoms with E-state index in [9.17, 15) is 14.0 Å². The van der Waals surface area contributed by atoms with Crippen molar-refractivity contribution in [2.75, 3.05) is 23.3 Å². The number of fused-ring (bicyclic) bond motifs is 1. The van der Waals surface area contributed by atoms with E-state index in [2.05, 4.69) is 10.6 Å². The van der Waals surface area contributed by atoms with E-state index in [0.717, 1.165) is 5.56 Å². The molecule has 0 bridgehead atoms. The molecule has 2 aromatic carbocycles. The largest absolute Gasteiger partial charge is 0.323 e. The van der Waals surface area contributed by atoms with E-state index in [0.29, 0.717) is 11.4 Å². The molecule has 5 nitrogen and oxygen atoms in total. The van der Waals surface area contributed by atoms with Gasteiger partial charge in [-0.2, -0.15) is 0 Å². The van der Waals surface area contributed by atoms with E-state index >= 15 is 0 Å². The van der Waals surface area contributed by atoms with Gasteiger partial charge in [-0.1, -0.05) is 38.1 Å². The van der Waals surface area contributed by atoms with Crippen molar-refractivity contribution in [3.05, 3.63) is 59.9 Å². The minimum absolute atomic E-state index is 0.000417. The number of amides is 2. The molecule has 136 valence electrons. The second kappa shape index (κ2) is 7.66. The Morgan fingerprint density at radius 3 is 2.58 bits per heavy atom. The number of carbonyl (C=O) groups is 2. The molecule has 0 saturated carbocycles. The first-order valence-corrected chi connectivity index (χ1v) is 8.64. The standard InChI is InChI=1S/C20H22FN3O2/c1-13(2)20(14-7-9-15(21)10-8-14)22-11-19(26)24-12-18(25)23-16-5-3-4-6-17(16)24/h3-10,13,20,22H,11-12H2,1-2H3,(H,23,25)/t20-/m1/s1. The van der Waals surface area contributed by atoms with Gasteiger partial charge in [0.2, 0.25) is 11.8 Å². The highest BCUT2D eigenvalue weighted by Gasteiger charge is 2.27. The van der Waals surface area contributed by atoms with E-state index in [1.54, 1.807) is 18.2 Å². The molecule has 0 fully saturated rings. The minimum atomic E-state index is -0.289. The maximum absolute atomic E-state index is 13.2. The van der Waals surface area contributed by atoms with Gasteiger partial charge in [0.15, 0.2) is 0 Å². The first kappa shape index (κ1) is 18.1. The molecular formula is C20H22FN3O2. The van der Waals surface area contributed by atoms with Crippen molar-refractivity contribution in [2.24, 2.45) is 5.92 Å². The lowest BCUT2D eigenvalue weighted by Crippen LogP contribution is -2.46. The highest BCUT2D eigenvalue weighted by molar-refractivity contribution is 6.10. The van der Waals surface area contributed by atoms with Crippen molar-refractivity contribution in [2.45, 2.75) is 19.9 Å². The maximum atomic E-state index is 13.2. The summed E-state index contributed by atoms with van der Waals surface area (Å²) in [5, 5.41) is 6.02. The summed E-state index contributed by atoms with van der Waals surface area (Å²) in [7, 11) is 0. The van der Waals surface area contributed by atoms with Crippen LogP contribution in [0.4, 0.5) is 15.8 Å². The predicted octanol–water partition coefficient (Wildman–Crippen LogP) is 3.10. The van der Waals surface area contributed by atoms with Crippen LogP contribution in [0.3, 0.4) is 0 Å².